The molecular weight excluding hydrogens is 246 g/mol. The van der Waals surface area contributed by atoms with Crippen LogP contribution in [0.5, 0.6) is 5.75 Å². The van der Waals surface area contributed by atoms with Gasteiger partial charge in [-0.15, -0.1) is 11.3 Å². The summed E-state index contributed by atoms with van der Waals surface area (Å²) >= 11 is 1.36. The standard InChI is InChI=1S/C14H15NO2S/c1-9-5-3-4-6-11(9)8-17-12-7-10(2)18-13(12)14(15)16/h3-7H,8H2,1-2H3,(H2,15,16). The fraction of sp³-hybridized carbons (Fsp3) is 0.214. The number of benzene rings is 1. The van der Waals surface area contributed by atoms with Crippen LogP contribution >= 0.6 is 11.3 Å². The highest BCUT2D eigenvalue weighted by atomic mass is 32.1. The number of carbonyl (C=O) groups is 1. The molecule has 0 atom stereocenters. The van der Waals surface area contributed by atoms with Gasteiger partial charge in [-0.1, -0.05) is 24.3 Å². The van der Waals surface area contributed by atoms with Gasteiger partial charge in [0.15, 0.2) is 0 Å². The van der Waals surface area contributed by atoms with Gasteiger partial charge < -0.3 is 10.5 Å². The minimum atomic E-state index is -0.437. The summed E-state index contributed by atoms with van der Waals surface area (Å²) in [6.07, 6.45) is 0. The maximum Gasteiger partial charge on any atom is 0.262 e. The number of primary amides is 1. The molecular formula is C14H15NO2S. The SMILES string of the molecule is Cc1cc(OCc2ccccc2C)c(C(N)=O)s1. The van der Waals surface area contributed by atoms with Crippen molar-refractivity contribution >= 4 is 17.2 Å². The van der Waals surface area contributed by atoms with Crippen LogP contribution in [0.2, 0.25) is 0 Å². The number of thiophene rings is 1. The van der Waals surface area contributed by atoms with Gasteiger partial charge in [-0.05, 0) is 31.0 Å². The lowest BCUT2D eigenvalue weighted by Gasteiger charge is -2.08. The van der Waals surface area contributed by atoms with Crippen molar-refractivity contribution in [3.8, 4) is 5.75 Å². The highest BCUT2D eigenvalue weighted by molar-refractivity contribution is 7.14. The molecule has 2 aromatic rings. The molecule has 0 aliphatic heterocycles. The first-order chi connectivity index (χ1) is 8.58. The predicted octanol–water partition coefficient (Wildman–Crippen LogP) is 3.04. The Hall–Kier alpha value is -1.81. The lowest BCUT2D eigenvalue weighted by atomic mass is 10.1. The molecule has 0 unspecified atom stereocenters. The van der Waals surface area contributed by atoms with E-state index in [1.54, 1.807) is 0 Å². The van der Waals surface area contributed by atoms with Gasteiger partial charge in [0.25, 0.3) is 5.91 Å². The van der Waals surface area contributed by atoms with Gasteiger partial charge >= 0.3 is 0 Å². The first-order valence-corrected chi connectivity index (χ1v) is 6.47. The van der Waals surface area contributed by atoms with E-state index in [9.17, 15) is 4.79 Å². The second kappa shape index (κ2) is 5.23. The Morgan fingerprint density at radius 1 is 1.33 bits per heavy atom. The van der Waals surface area contributed by atoms with Crippen LogP contribution in [0.1, 0.15) is 25.7 Å². The molecule has 18 heavy (non-hydrogen) atoms. The van der Waals surface area contributed by atoms with Crippen molar-refractivity contribution in [2.45, 2.75) is 20.5 Å². The summed E-state index contributed by atoms with van der Waals surface area (Å²) in [6.45, 7) is 4.41. The highest BCUT2D eigenvalue weighted by Gasteiger charge is 2.13. The van der Waals surface area contributed by atoms with Crippen LogP contribution in [0.4, 0.5) is 0 Å². The Kier molecular flexibility index (Phi) is 3.67. The Bertz CT molecular complexity index is 575. The van der Waals surface area contributed by atoms with Crippen molar-refractivity contribution in [1.82, 2.24) is 0 Å². The number of carbonyl (C=O) groups excluding carboxylic acids is 1. The lowest BCUT2D eigenvalue weighted by Crippen LogP contribution is -2.10. The molecule has 0 radical (unpaired) electrons. The molecule has 0 saturated heterocycles. The Labute approximate surface area is 110 Å². The van der Waals surface area contributed by atoms with Crippen LogP contribution < -0.4 is 10.5 Å². The van der Waals surface area contributed by atoms with Crippen molar-refractivity contribution < 1.29 is 9.53 Å². The second-order valence-corrected chi connectivity index (χ2v) is 5.39. The zero-order valence-electron chi connectivity index (χ0n) is 10.4. The monoisotopic (exact) mass is 261 g/mol. The van der Waals surface area contributed by atoms with E-state index in [0.717, 1.165) is 10.4 Å². The number of rotatable bonds is 4. The average molecular weight is 261 g/mol. The quantitative estimate of drug-likeness (QED) is 0.919. The molecule has 0 aliphatic carbocycles. The molecule has 0 saturated carbocycles. The first kappa shape index (κ1) is 12.6. The van der Waals surface area contributed by atoms with Crippen LogP contribution in [0, 0.1) is 13.8 Å². The molecule has 1 aromatic carbocycles. The van der Waals surface area contributed by atoms with Crippen LogP contribution in [0.25, 0.3) is 0 Å². The van der Waals surface area contributed by atoms with E-state index >= 15 is 0 Å². The largest absolute Gasteiger partial charge is 0.487 e. The van der Waals surface area contributed by atoms with Crippen LogP contribution in [-0.4, -0.2) is 5.91 Å². The molecule has 3 nitrogen and oxygen atoms in total. The minimum absolute atomic E-state index is 0.437. The molecule has 94 valence electrons. The Morgan fingerprint density at radius 2 is 2.06 bits per heavy atom. The van der Waals surface area contributed by atoms with Gasteiger partial charge in [-0.25, -0.2) is 0 Å². The first-order valence-electron chi connectivity index (χ1n) is 5.65. The predicted molar refractivity (Wildman–Crippen MR) is 73.1 cm³/mol. The smallest absolute Gasteiger partial charge is 0.262 e. The third-order valence-corrected chi connectivity index (χ3v) is 3.74. The van der Waals surface area contributed by atoms with Crippen molar-refractivity contribution in [1.29, 1.82) is 0 Å². The summed E-state index contributed by atoms with van der Waals surface area (Å²) < 4.78 is 5.70. The Morgan fingerprint density at radius 3 is 2.72 bits per heavy atom. The van der Waals surface area contributed by atoms with Crippen molar-refractivity contribution in [3.63, 3.8) is 0 Å². The van der Waals surface area contributed by atoms with E-state index < -0.39 is 5.91 Å². The zero-order chi connectivity index (χ0) is 13.1. The van der Waals surface area contributed by atoms with Gasteiger partial charge in [-0.2, -0.15) is 0 Å². The van der Waals surface area contributed by atoms with E-state index in [1.165, 1.54) is 16.9 Å². The molecule has 1 amide bonds. The topological polar surface area (TPSA) is 52.3 Å². The number of hydrogen-bond donors (Lipinski definition) is 1. The lowest BCUT2D eigenvalue weighted by molar-refractivity contribution is 0.1000. The summed E-state index contributed by atoms with van der Waals surface area (Å²) in [7, 11) is 0. The van der Waals surface area contributed by atoms with Crippen LogP contribution in [0.3, 0.4) is 0 Å². The van der Waals surface area contributed by atoms with E-state index in [-0.39, 0.29) is 0 Å². The maximum atomic E-state index is 11.3. The Balaban J connectivity index is 2.16. The third kappa shape index (κ3) is 2.71. The average Bonchev–Trinajstić information content (AvgIpc) is 2.70. The van der Waals surface area contributed by atoms with E-state index in [2.05, 4.69) is 0 Å². The van der Waals surface area contributed by atoms with Gasteiger partial charge in [-0.3, -0.25) is 4.79 Å². The van der Waals surface area contributed by atoms with Crippen molar-refractivity contribution in [3.05, 3.63) is 51.2 Å². The number of aryl methyl sites for hydroxylation is 2. The number of amides is 1. The molecule has 1 aromatic heterocycles. The summed E-state index contributed by atoms with van der Waals surface area (Å²) in [4.78, 5) is 12.8. The van der Waals surface area contributed by atoms with Crippen LogP contribution in [0.15, 0.2) is 30.3 Å². The fourth-order valence-corrected chi connectivity index (χ4v) is 2.50. The molecule has 4 heteroatoms. The summed E-state index contributed by atoms with van der Waals surface area (Å²) in [5.74, 6) is 0.140. The maximum absolute atomic E-state index is 11.3. The van der Waals surface area contributed by atoms with Gasteiger partial charge in [0.2, 0.25) is 0 Å². The molecule has 0 spiro atoms. The fourth-order valence-electron chi connectivity index (χ4n) is 1.70. The van der Waals surface area contributed by atoms with E-state index in [4.69, 9.17) is 10.5 Å². The van der Waals surface area contributed by atoms with E-state index in [0.29, 0.717) is 17.2 Å². The molecule has 0 aliphatic rings. The van der Waals surface area contributed by atoms with Gasteiger partial charge in [0.05, 0.1) is 0 Å². The molecule has 2 rings (SSSR count). The third-order valence-electron chi connectivity index (χ3n) is 2.69. The second-order valence-electron chi connectivity index (χ2n) is 4.13. The van der Waals surface area contributed by atoms with Crippen molar-refractivity contribution in [2.24, 2.45) is 5.73 Å². The van der Waals surface area contributed by atoms with Gasteiger partial charge in [0.1, 0.15) is 17.2 Å². The van der Waals surface area contributed by atoms with Gasteiger partial charge in [0, 0.05) is 4.88 Å². The number of ether oxygens (including phenoxy) is 1. The summed E-state index contributed by atoms with van der Waals surface area (Å²) in [6, 6.07) is 9.86. The molecule has 0 bridgehead atoms. The highest BCUT2D eigenvalue weighted by Crippen LogP contribution is 2.29. The molecule has 0 fully saturated rings. The van der Waals surface area contributed by atoms with E-state index in [1.807, 2.05) is 44.2 Å². The summed E-state index contributed by atoms with van der Waals surface area (Å²) in [5.41, 5.74) is 7.60. The zero-order valence-corrected chi connectivity index (χ0v) is 11.2. The molecule has 1 heterocycles. The number of hydrogen-bond acceptors (Lipinski definition) is 3. The number of nitrogens with two attached hydrogens (primary N) is 1. The summed E-state index contributed by atoms with van der Waals surface area (Å²) in [5, 5.41) is 0. The van der Waals surface area contributed by atoms with Crippen molar-refractivity contribution in [2.75, 3.05) is 0 Å². The molecule has 2 N–H and O–H groups in total. The normalized spacial score (nSPS) is 10.3. The minimum Gasteiger partial charge on any atom is -0.487 e. The van der Waals surface area contributed by atoms with Crippen LogP contribution in [-0.2, 0) is 6.61 Å².